The molecule has 0 radical (unpaired) electrons. The van der Waals surface area contributed by atoms with Crippen molar-refractivity contribution in [2.45, 2.75) is 10.8 Å². The summed E-state index contributed by atoms with van der Waals surface area (Å²) in [6.07, 6.45) is 2.05. The van der Waals surface area contributed by atoms with Gasteiger partial charge in [0, 0.05) is 11.1 Å². The summed E-state index contributed by atoms with van der Waals surface area (Å²) in [6.45, 7) is 0. The van der Waals surface area contributed by atoms with E-state index in [-0.39, 0.29) is 11.8 Å². The van der Waals surface area contributed by atoms with E-state index >= 15 is 0 Å². The van der Waals surface area contributed by atoms with Crippen molar-refractivity contribution >= 4 is 34.6 Å². The Labute approximate surface area is 125 Å². The first-order valence-electron chi connectivity index (χ1n) is 6.13. The molecule has 1 aromatic heterocycles. The van der Waals surface area contributed by atoms with E-state index in [0.29, 0.717) is 0 Å². The molecule has 6 heteroatoms. The molecule has 1 aliphatic heterocycles. The van der Waals surface area contributed by atoms with E-state index in [9.17, 15) is 0 Å². The highest BCUT2D eigenvalue weighted by molar-refractivity contribution is 8.04. The maximum absolute atomic E-state index is 8.05. The molecule has 0 fully saturated rings. The lowest BCUT2D eigenvalue weighted by Gasteiger charge is -2.34. The van der Waals surface area contributed by atoms with Crippen molar-refractivity contribution in [3.8, 4) is 0 Å². The number of nitrogens with zero attached hydrogens (tertiary/aromatic N) is 1. The molecule has 0 aliphatic carbocycles. The van der Waals surface area contributed by atoms with Gasteiger partial charge in [-0.05, 0) is 17.5 Å². The molecule has 102 valence electrons. The lowest BCUT2D eigenvalue weighted by Crippen LogP contribution is -2.49. The minimum Gasteiger partial charge on any atom is -0.385 e. The molecule has 2 aromatic rings. The Morgan fingerprint density at radius 1 is 1.35 bits per heavy atom. The van der Waals surface area contributed by atoms with Gasteiger partial charge in [0.05, 0.1) is 17.1 Å². The first kappa shape index (κ1) is 13.2. The van der Waals surface area contributed by atoms with Gasteiger partial charge >= 0.3 is 0 Å². The van der Waals surface area contributed by atoms with Crippen molar-refractivity contribution in [3.05, 3.63) is 58.4 Å². The number of rotatable bonds is 4. The molecule has 4 N–H and O–H groups in total. The number of amidine groups is 1. The van der Waals surface area contributed by atoms with Crippen molar-refractivity contribution in [1.82, 2.24) is 4.98 Å². The van der Waals surface area contributed by atoms with E-state index < -0.39 is 4.87 Å². The Hall–Kier alpha value is -1.79. The predicted molar refractivity (Wildman–Crippen MR) is 86.3 cm³/mol. The van der Waals surface area contributed by atoms with Crippen molar-refractivity contribution in [2.75, 3.05) is 5.32 Å². The SMILES string of the molecule is N=C(N)C1(Nc2ccccc2)SC=CC1c1cscn1. The van der Waals surface area contributed by atoms with Gasteiger partial charge in [0.15, 0.2) is 4.87 Å². The minimum absolute atomic E-state index is 0.0449. The predicted octanol–water partition coefficient (Wildman–Crippen LogP) is 3.23. The molecule has 0 amide bonds. The summed E-state index contributed by atoms with van der Waals surface area (Å²) in [5, 5.41) is 15.5. The van der Waals surface area contributed by atoms with Gasteiger partial charge in [-0.15, -0.1) is 11.3 Å². The van der Waals surface area contributed by atoms with Crippen LogP contribution in [0.4, 0.5) is 5.69 Å². The largest absolute Gasteiger partial charge is 0.385 e. The molecule has 0 spiro atoms. The molecule has 0 saturated heterocycles. The van der Waals surface area contributed by atoms with Gasteiger partial charge in [0.2, 0.25) is 0 Å². The highest BCUT2D eigenvalue weighted by Gasteiger charge is 2.46. The normalized spacial score (nSPS) is 24.7. The summed E-state index contributed by atoms with van der Waals surface area (Å²) in [7, 11) is 0. The molecule has 0 bridgehead atoms. The summed E-state index contributed by atoms with van der Waals surface area (Å²) in [6, 6.07) is 9.83. The van der Waals surface area contributed by atoms with E-state index in [0.717, 1.165) is 11.4 Å². The van der Waals surface area contributed by atoms with Gasteiger partial charge in [-0.1, -0.05) is 36.0 Å². The second-order valence-electron chi connectivity index (χ2n) is 4.48. The van der Waals surface area contributed by atoms with Crippen LogP contribution in [0.25, 0.3) is 0 Å². The lowest BCUT2D eigenvalue weighted by atomic mass is 9.95. The van der Waals surface area contributed by atoms with Crippen LogP contribution in [0.5, 0.6) is 0 Å². The Kier molecular flexibility index (Phi) is 3.50. The quantitative estimate of drug-likeness (QED) is 0.599. The third-order valence-corrected chi connectivity index (χ3v) is 5.08. The van der Waals surface area contributed by atoms with Crippen molar-refractivity contribution in [2.24, 2.45) is 5.73 Å². The smallest absolute Gasteiger partial charge is 0.157 e. The van der Waals surface area contributed by atoms with Gasteiger partial charge in [0.1, 0.15) is 5.84 Å². The zero-order valence-corrected chi connectivity index (χ0v) is 12.2. The zero-order chi connectivity index (χ0) is 14.0. The first-order valence-corrected chi connectivity index (χ1v) is 7.95. The van der Waals surface area contributed by atoms with Crippen LogP contribution in [0.15, 0.2) is 52.7 Å². The van der Waals surface area contributed by atoms with Gasteiger partial charge in [-0.25, -0.2) is 4.98 Å². The fourth-order valence-corrected chi connectivity index (χ4v) is 3.95. The molecule has 2 unspecified atom stereocenters. The molecule has 20 heavy (non-hydrogen) atoms. The molecular weight excluding hydrogens is 288 g/mol. The van der Waals surface area contributed by atoms with Crippen LogP contribution >= 0.6 is 23.1 Å². The second-order valence-corrected chi connectivity index (χ2v) is 6.35. The Morgan fingerprint density at radius 3 is 2.80 bits per heavy atom. The average molecular weight is 302 g/mol. The van der Waals surface area contributed by atoms with Crippen LogP contribution in [0.3, 0.4) is 0 Å². The van der Waals surface area contributed by atoms with Crippen molar-refractivity contribution < 1.29 is 0 Å². The number of benzene rings is 1. The maximum atomic E-state index is 8.05. The molecule has 2 heterocycles. The van der Waals surface area contributed by atoms with Crippen molar-refractivity contribution in [3.63, 3.8) is 0 Å². The third-order valence-electron chi connectivity index (χ3n) is 3.24. The number of anilines is 1. The Balaban J connectivity index is 1.98. The third kappa shape index (κ3) is 2.21. The Bertz CT molecular complexity index is 624. The van der Waals surface area contributed by atoms with Crippen LogP contribution < -0.4 is 11.1 Å². The number of thioether (sulfide) groups is 1. The van der Waals surface area contributed by atoms with Crippen molar-refractivity contribution in [1.29, 1.82) is 5.41 Å². The monoisotopic (exact) mass is 302 g/mol. The number of thiazole rings is 1. The van der Waals surface area contributed by atoms with E-state index in [1.54, 1.807) is 16.8 Å². The van der Waals surface area contributed by atoms with E-state index in [1.807, 2.05) is 41.1 Å². The fraction of sp³-hybridized carbons (Fsp3) is 0.143. The number of nitrogens with one attached hydrogen (secondary N) is 2. The van der Waals surface area contributed by atoms with Crippen LogP contribution in [0.1, 0.15) is 11.6 Å². The number of aromatic nitrogens is 1. The molecule has 2 atom stereocenters. The molecule has 1 aliphatic rings. The topological polar surface area (TPSA) is 74.8 Å². The number of nitrogens with two attached hydrogens (primary N) is 1. The van der Waals surface area contributed by atoms with Crippen LogP contribution in [-0.4, -0.2) is 15.7 Å². The number of hydrogen-bond donors (Lipinski definition) is 3. The summed E-state index contributed by atoms with van der Waals surface area (Å²) in [4.78, 5) is 3.68. The summed E-state index contributed by atoms with van der Waals surface area (Å²) in [5.74, 6) is 0.0609. The number of para-hydroxylation sites is 1. The Morgan fingerprint density at radius 2 is 2.15 bits per heavy atom. The summed E-state index contributed by atoms with van der Waals surface area (Å²) in [5.41, 5.74) is 9.60. The molecule has 0 saturated carbocycles. The lowest BCUT2D eigenvalue weighted by molar-refractivity contribution is 0.729. The summed E-state index contributed by atoms with van der Waals surface area (Å²) >= 11 is 3.07. The maximum Gasteiger partial charge on any atom is 0.157 e. The van der Waals surface area contributed by atoms with Gasteiger partial charge in [0.25, 0.3) is 0 Å². The standard InChI is InChI=1S/C14H14N4S2/c15-13(16)14(18-10-4-2-1-3-5-10)11(6-7-20-14)12-8-19-9-17-12/h1-9,11,18H,(H3,15,16). The highest BCUT2D eigenvalue weighted by Crippen LogP contribution is 2.46. The molecule has 3 rings (SSSR count). The average Bonchev–Trinajstić information content (AvgIpc) is 3.08. The van der Waals surface area contributed by atoms with Crippen LogP contribution in [0.2, 0.25) is 0 Å². The first-order chi connectivity index (χ1) is 9.72. The van der Waals surface area contributed by atoms with E-state index in [1.165, 1.54) is 11.8 Å². The minimum atomic E-state index is -0.699. The molecule has 1 aromatic carbocycles. The second kappa shape index (κ2) is 5.30. The summed E-state index contributed by atoms with van der Waals surface area (Å²) < 4.78 is 0. The molecule has 4 nitrogen and oxygen atoms in total. The zero-order valence-electron chi connectivity index (χ0n) is 10.6. The van der Waals surface area contributed by atoms with Gasteiger partial charge < -0.3 is 11.1 Å². The van der Waals surface area contributed by atoms with E-state index in [4.69, 9.17) is 11.1 Å². The molecular formula is C14H14N4S2. The van der Waals surface area contributed by atoms with Crippen LogP contribution in [-0.2, 0) is 0 Å². The highest BCUT2D eigenvalue weighted by atomic mass is 32.2. The fourth-order valence-electron chi connectivity index (χ4n) is 2.26. The van der Waals surface area contributed by atoms with Gasteiger partial charge in [-0.2, -0.15) is 0 Å². The van der Waals surface area contributed by atoms with Gasteiger partial charge in [-0.3, -0.25) is 5.41 Å². The number of hydrogen-bond acceptors (Lipinski definition) is 5. The van der Waals surface area contributed by atoms with E-state index in [2.05, 4.69) is 16.4 Å². The van der Waals surface area contributed by atoms with Crippen LogP contribution in [0, 0.1) is 5.41 Å².